The first-order valence-corrected chi connectivity index (χ1v) is 7.88. The van der Waals surface area contributed by atoms with Crippen LogP contribution in [0.1, 0.15) is 18.4 Å². The molecule has 0 aromatic heterocycles. The first-order valence-electron chi connectivity index (χ1n) is 5.68. The first-order chi connectivity index (χ1) is 8.78. The third kappa shape index (κ3) is 3.19. The van der Waals surface area contributed by atoms with Gasteiger partial charge in [-0.1, -0.05) is 17.7 Å². The smallest absolute Gasteiger partial charge is 0.310 e. The van der Waals surface area contributed by atoms with Crippen molar-refractivity contribution in [1.29, 1.82) is 0 Å². The van der Waals surface area contributed by atoms with E-state index < -0.39 is 21.7 Å². The Morgan fingerprint density at radius 2 is 2.11 bits per heavy atom. The summed E-state index contributed by atoms with van der Waals surface area (Å²) >= 11 is 6.01. The fraction of sp³-hybridized carbons (Fsp3) is 0.417. The van der Waals surface area contributed by atoms with Gasteiger partial charge in [-0.2, -0.15) is 0 Å². The van der Waals surface area contributed by atoms with Gasteiger partial charge in [0.15, 0.2) is 9.84 Å². The summed E-state index contributed by atoms with van der Waals surface area (Å²) in [6, 6.07) is 4.72. The number of carboxylic acid groups (broad SMARTS) is 1. The van der Waals surface area contributed by atoms with Crippen LogP contribution in [0.2, 0.25) is 5.02 Å². The molecule has 0 spiro atoms. The Morgan fingerprint density at radius 3 is 2.58 bits per heavy atom. The Balaban J connectivity index is 2.10. The molecule has 1 fully saturated rings. The van der Waals surface area contributed by atoms with Gasteiger partial charge in [0.2, 0.25) is 0 Å². The van der Waals surface area contributed by atoms with Crippen LogP contribution in [0.15, 0.2) is 18.2 Å². The van der Waals surface area contributed by atoms with E-state index in [0.717, 1.165) is 0 Å². The fourth-order valence-corrected chi connectivity index (χ4v) is 3.19. The highest BCUT2D eigenvalue weighted by Crippen LogP contribution is 2.31. The molecule has 1 aromatic rings. The molecule has 0 bridgehead atoms. The summed E-state index contributed by atoms with van der Waals surface area (Å²) < 4.78 is 27.5. The van der Waals surface area contributed by atoms with Gasteiger partial charge in [0.1, 0.15) is 11.9 Å². The highest BCUT2D eigenvalue weighted by molar-refractivity contribution is 7.92. The second-order valence-electron chi connectivity index (χ2n) is 4.57. The number of rotatable bonds is 4. The van der Waals surface area contributed by atoms with Gasteiger partial charge in [0.25, 0.3) is 0 Å². The van der Waals surface area contributed by atoms with Crippen LogP contribution in [0, 0.1) is 0 Å². The number of halogens is 1. The van der Waals surface area contributed by atoms with Crippen molar-refractivity contribution in [2.24, 2.45) is 0 Å². The van der Waals surface area contributed by atoms with Gasteiger partial charge >= 0.3 is 5.97 Å². The van der Waals surface area contributed by atoms with Crippen molar-refractivity contribution >= 4 is 27.4 Å². The zero-order valence-corrected chi connectivity index (χ0v) is 11.7. The number of carbonyl (C=O) groups is 1. The molecule has 1 aromatic carbocycles. The minimum absolute atomic E-state index is 0.00336. The number of hydrogen-bond donors (Lipinski definition) is 1. The molecule has 1 aliphatic heterocycles. The van der Waals surface area contributed by atoms with Gasteiger partial charge in [0.05, 0.1) is 22.4 Å². The average molecular weight is 305 g/mol. The zero-order valence-electron chi connectivity index (χ0n) is 10.2. The quantitative estimate of drug-likeness (QED) is 0.916. The van der Waals surface area contributed by atoms with Gasteiger partial charge in [-0.05, 0) is 24.6 Å². The predicted octanol–water partition coefficient (Wildman–Crippen LogP) is 1.70. The first kappa shape index (κ1) is 14.1. The van der Waals surface area contributed by atoms with Crippen LogP contribution in [0.5, 0.6) is 5.75 Å². The molecule has 1 aliphatic rings. The Hall–Kier alpha value is -1.27. The maximum absolute atomic E-state index is 11.0. The minimum atomic E-state index is -2.94. The summed E-state index contributed by atoms with van der Waals surface area (Å²) in [7, 11) is -2.94. The molecule has 0 saturated carbocycles. The monoisotopic (exact) mass is 304 g/mol. The van der Waals surface area contributed by atoms with Crippen molar-refractivity contribution in [3.8, 4) is 5.75 Å². The van der Waals surface area contributed by atoms with Gasteiger partial charge < -0.3 is 9.84 Å². The summed E-state index contributed by atoms with van der Waals surface area (Å²) in [6.07, 6.45) is -0.370. The lowest BCUT2D eigenvalue weighted by molar-refractivity contribution is -0.138. The maximum Gasteiger partial charge on any atom is 0.310 e. The van der Waals surface area contributed by atoms with Crippen LogP contribution >= 0.6 is 11.6 Å². The highest BCUT2D eigenvalue weighted by Gasteiger charge is 2.35. The number of benzene rings is 1. The van der Waals surface area contributed by atoms with Crippen LogP contribution in [0.4, 0.5) is 0 Å². The fourth-order valence-electron chi connectivity index (χ4n) is 1.79. The van der Waals surface area contributed by atoms with Gasteiger partial charge in [-0.3, -0.25) is 4.79 Å². The second kappa shape index (κ2) is 5.02. The number of sulfone groups is 1. The molecule has 0 radical (unpaired) electrons. The van der Waals surface area contributed by atoms with Crippen LogP contribution < -0.4 is 4.74 Å². The minimum Gasteiger partial charge on any atom is -0.487 e. The van der Waals surface area contributed by atoms with E-state index in [1.807, 2.05) is 0 Å². The standard InChI is InChI=1S/C12H13ClO5S/c1-7(12(14)15)8-2-3-11(10(13)4-8)18-9-5-19(16,17)6-9/h2-4,7,9H,5-6H2,1H3,(H,14,15). The number of aliphatic carboxylic acids is 1. The van der Waals surface area contributed by atoms with E-state index in [9.17, 15) is 13.2 Å². The topological polar surface area (TPSA) is 80.7 Å². The van der Waals surface area contributed by atoms with Crippen molar-refractivity contribution in [2.75, 3.05) is 11.5 Å². The van der Waals surface area contributed by atoms with Crippen LogP contribution in [0.25, 0.3) is 0 Å². The van der Waals surface area contributed by atoms with Crippen LogP contribution in [0.3, 0.4) is 0 Å². The molecule has 19 heavy (non-hydrogen) atoms. The van der Waals surface area contributed by atoms with E-state index in [1.54, 1.807) is 19.1 Å². The van der Waals surface area contributed by atoms with Gasteiger partial charge in [-0.25, -0.2) is 8.42 Å². The summed E-state index contributed by atoms with van der Waals surface area (Å²) in [4.78, 5) is 10.9. The Labute approximate surface area is 116 Å². The van der Waals surface area contributed by atoms with Crippen molar-refractivity contribution < 1.29 is 23.1 Å². The molecule has 104 valence electrons. The molecule has 7 heteroatoms. The largest absolute Gasteiger partial charge is 0.487 e. The van der Waals surface area contributed by atoms with E-state index >= 15 is 0 Å². The number of ether oxygens (including phenoxy) is 1. The normalized spacial score (nSPS) is 19.5. The second-order valence-corrected chi connectivity index (χ2v) is 7.13. The Morgan fingerprint density at radius 1 is 1.47 bits per heavy atom. The zero-order chi connectivity index (χ0) is 14.2. The van der Waals surface area contributed by atoms with Gasteiger partial charge in [0, 0.05) is 0 Å². The molecule has 0 aliphatic carbocycles. The van der Waals surface area contributed by atoms with Crippen molar-refractivity contribution in [2.45, 2.75) is 18.9 Å². The van der Waals surface area contributed by atoms with Crippen LogP contribution in [-0.4, -0.2) is 37.1 Å². The lowest BCUT2D eigenvalue weighted by Gasteiger charge is -2.27. The molecule has 1 saturated heterocycles. The van der Waals surface area contributed by atoms with Gasteiger partial charge in [-0.15, -0.1) is 0 Å². The predicted molar refractivity (Wildman–Crippen MR) is 70.6 cm³/mol. The molecule has 5 nitrogen and oxygen atoms in total. The molecule has 2 rings (SSSR count). The van der Waals surface area contributed by atoms with E-state index in [4.69, 9.17) is 21.4 Å². The molecular formula is C12H13ClO5S. The number of carboxylic acids is 1. The molecule has 1 atom stereocenters. The lowest BCUT2D eigenvalue weighted by Crippen LogP contribution is -2.45. The van der Waals surface area contributed by atoms with Crippen molar-refractivity contribution in [3.05, 3.63) is 28.8 Å². The highest BCUT2D eigenvalue weighted by atomic mass is 35.5. The summed E-state index contributed by atoms with van der Waals surface area (Å²) in [6.45, 7) is 1.56. The summed E-state index contributed by atoms with van der Waals surface area (Å²) in [5.41, 5.74) is 0.575. The third-order valence-corrected chi connectivity index (χ3v) is 5.05. The molecule has 1 unspecified atom stereocenters. The maximum atomic E-state index is 11.0. The molecule has 1 heterocycles. The van der Waals surface area contributed by atoms with E-state index in [0.29, 0.717) is 11.3 Å². The molecule has 0 amide bonds. The van der Waals surface area contributed by atoms with E-state index in [2.05, 4.69) is 0 Å². The average Bonchev–Trinajstić information content (AvgIpc) is 2.28. The lowest BCUT2D eigenvalue weighted by atomic mass is 10.0. The molecule has 1 N–H and O–H groups in total. The third-order valence-electron chi connectivity index (χ3n) is 3.00. The van der Waals surface area contributed by atoms with E-state index in [1.165, 1.54) is 6.07 Å². The van der Waals surface area contributed by atoms with Crippen molar-refractivity contribution in [3.63, 3.8) is 0 Å². The van der Waals surface area contributed by atoms with Crippen molar-refractivity contribution in [1.82, 2.24) is 0 Å². The Bertz CT molecular complexity index is 599. The SMILES string of the molecule is CC(C(=O)O)c1ccc(OC2CS(=O)(=O)C2)c(Cl)c1. The summed E-state index contributed by atoms with van der Waals surface area (Å²) in [5.74, 6) is -1.22. The summed E-state index contributed by atoms with van der Waals surface area (Å²) in [5, 5.41) is 9.19. The number of hydrogen-bond acceptors (Lipinski definition) is 4. The van der Waals surface area contributed by atoms with Crippen LogP contribution in [-0.2, 0) is 14.6 Å². The molecular weight excluding hydrogens is 292 g/mol. The van der Waals surface area contributed by atoms with E-state index in [-0.39, 0.29) is 22.6 Å². The Kier molecular flexibility index (Phi) is 3.73.